The van der Waals surface area contributed by atoms with Crippen molar-refractivity contribution in [2.75, 3.05) is 0 Å². The van der Waals surface area contributed by atoms with E-state index in [4.69, 9.17) is 0 Å². The first-order valence-corrected chi connectivity index (χ1v) is 5.96. The Balaban J connectivity index is 3.20. The Labute approximate surface area is 92.8 Å². The number of unbranched alkanes of at least 4 members (excludes halogenated alkanes) is 6. The summed E-state index contributed by atoms with van der Waals surface area (Å²) in [7, 11) is 0. The van der Waals surface area contributed by atoms with Gasteiger partial charge in [-0.15, -0.1) is 0 Å². The van der Waals surface area contributed by atoms with E-state index in [9.17, 15) is 9.59 Å². The monoisotopic (exact) mass is 210 g/mol. The van der Waals surface area contributed by atoms with E-state index in [0.717, 1.165) is 12.8 Å². The number of rotatable bonds is 10. The van der Waals surface area contributed by atoms with Gasteiger partial charge in [0, 0.05) is 6.42 Å². The molecule has 0 saturated carbocycles. The van der Waals surface area contributed by atoms with E-state index in [1.165, 1.54) is 44.3 Å². The van der Waals surface area contributed by atoms with Crippen molar-refractivity contribution in [3.63, 3.8) is 0 Å². The Morgan fingerprint density at radius 2 is 1.60 bits per heavy atom. The first-order chi connectivity index (χ1) is 7.31. The number of aldehydes is 1. The molecular weight excluding hydrogens is 188 g/mol. The third-order valence-electron chi connectivity index (χ3n) is 2.39. The van der Waals surface area contributed by atoms with Crippen LogP contribution in [0.3, 0.4) is 0 Å². The Kier molecular flexibility index (Phi) is 10.5. The minimum atomic E-state index is 0.0654. The van der Waals surface area contributed by atoms with Crippen LogP contribution >= 0.6 is 0 Å². The Bertz CT molecular complexity index is 195. The fourth-order valence-electron chi connectivity index (χ4n) is 1.49. The summed E-state index contributed by atoms with van der Waals surface area (Å²) in [5, 5.41) is 0. The lowest BCUT2D eigenvalue weighted by atomic mass is 10.1. The third kappa shape index (κ3) is 11.0. The van der Waals surface area contributed by atoms with Crippen LogP contribution < -0.4 is 0 Å². The molecule has 0 aliphatic rings. The molecule has 86 valence electrons. The summed E-state index contributed by atoms with van der Waals surface area (Å²) in [5.41, 5.74) is 0. The van der Waals surface area contributed by atoms with Crippen molar-refractivity contribution in [1.29, 1.82) is 0 Å². The second-order valence-corrected chi connectivity index (χ2v) is 3.83. The second-order valence-electron chi connectivity index (χ2n) is 3.83. The lowest BCUT2D eigenvalue weighted by molar-refractivity contribution is -0.115. The summed E-state index contributed by atoms with van der Waals surface area (Å²) in [5.74, 6) is 0.0654. The summed E-state index contributed by atoms with van der Waals surface area (Å²) in [4.78, 5) is 21.0. The van der Waals surface area contributed by atoms with Crippen LogP contribution in [0.2, 0.25) is 0 Å². The first kappa shape index (κ1) is 14.1. The standard InChI is InChI=1S/C13H22O2/c1-2-3-4-5-6-7-8-10-13(15)11-9-12-14/h9,11-12H,2-8,10H2,1H3/b11-9+. The lowest BCUT2D eigenvalue weighted by Gasteiger charge is -1.99. The number of carbonyl (C=O) groups excluding carboxylic acids is 2. The predicted molar refractivity (Wildman–Crippen MR) is 62.8 cm³/mol. The fraction of sp³-hybridized carbons (Fsp3) is 0.692. The highest BCUT2D eigenvalue weighted by molar-refractivity contribution is 5.92. The quantitative estimate of drug-likeness (QED) is 0.314. The van der Waals surface area contributed by atoms with Gasteiger partial charge in [0.1, 0.15) is 6.29 Å². The van der Waals surface area contributed by atoms with Gasteiger partial charge in [-0.2, -0.15) is 0 Å². The van der Waals surface area contributed by atoms with Crippen molar-refractivity contribution in [1.82, 2.24) is 0 Å². The van der Waals surface area contributed by atoms with Crippen molar-refractivity contribution < 1.29 is 9.59 Å². The van der Waals surface area contributed by atoms with E-state index < -0.39 is 0 Å². The SMILES string of the molecule is CCCCCCCCCC(=O)/C=C/C=O. The molecule has 0 heterocycles. The number of carbonyl (C=O) groups is 2. The molecule has 0 amide bonds. The van der Waals surface area contributed by atoms with Gasteiger partial charge in [-0.3, -0.25) is 9.59 Å². The molecule has 0 unspecified atom stereocenters. The van der Waals surface area contributed by atoms with Gasteiger partial charge in [0.25, 0.3) is 0 Å². The van der Waals surface area contributed by atoms with Gasteiger partial charge >= 0.3 is 0 Å². The molecule has 0 aromatic heterocycles. The molecule has 0 aromatic rings. The molecule has 0 bridgehead atoms. The van der Waals surface area contributed by atoms with Crippen LogP contribution in [0.4, 0.5) is 0 Å². The topological polar surface area (TPSA) is 34.1 Å². The maximum Gasteiger partial charge on any atom is 0.155 e. The average molecular weight is 210 g/mol. The minimum absolute atomic E-state index is 0.0654. The summed E-state index contributed by atoms with van der Waals surface area (Å²) in [6, 6.07) is 0. The highest BCUT2D eigenvalue weighted by Gasteiger charge is 1.96. The Morgan fingerprint density at radius 1 is 1.00 bits per heavy atom. The van der Waals surface area contributed by atoms with E-state index in [0.29, 0.717) is 12.7 Å². The Hall–Kier alpha value is -0.920. The van der Waals surface area contributed by atoms with Crippen molar-refractivity contribution >= 4 is 12.1 Å². The van der Waals surface area contributed by atoms with Crippen molar-refractivity contribution in [3.8, 4) is 0 Å². The first-order valence-electron chi connectivity index (χ1n) is 5.96. The molecule has 0 N–H and O–H groups in total. The number of hydrogen-bond donors (Lipinski definition) is 0. The molecule has 0 rings (SSSR count). The summed E-state index contributed by atoms with van der Waals surface area (Å²) in [6.07, 6.45) is 12.4. The smallest absolute Gasteiger partial charge is 0.155 e. The van der Waals surface area contributed by atoms with Gasteiger partial charge in [-0.25, -0.2) is 0 Å². The van der Waals surface area contributed by atoms with E-state index in [2.05, 4.69) is 6.92 Å². The lowest BCUT2D eigenvalue weighted by Crippen LogP contribution is -1.92. The van der Waals surface area contributed by atoms with Crippen molar-refractivity contribution in [3.05, 3.63) is 12.2 Å². The van der Waals surface area contributed by atoms with Gasteiger partial charge in [0.15, 0.2) is 5.78 Å². The van der Waals surface area contributed by atoms with Gasteiger partial charge in [0.2, 0.25) is 0 Å². The molecule has 0 spiro atoms. The summed E-state index contributed by atoms with van der Waals surface area (Å²) < 4.78 is 0. The van der Waals surface area contributed by atoms with Gasteiger partial charge in [-0.1, -0.05) is 45.4 Å². The normalized spacial score (nSPS) is 10.7. The van der Waals surface area contributed by atoms with Crippen LogP contribution in [0, 0.1) is 0 Å². The zero-order valence-electron chi connectivity index (χ0n) is 9.71. The van der Waals surface area contributed by atoms with E-state index in [1.54, 1.807) is 0 Å². The van der Waals surface area contributed by atoms with Crippen LogP contribution in [0.5, 0.6) is 0 Å². The number of allylic oxidation sites excluding steroid dienone is 2. The molecule has 2 nitrogen and oxygen atoms in total. The van der Waals surface area contributed by atoms with Crippen LogP contribution in [0.25, 0.3) is 0 Å². The van der Waals surface area contributed by atoms with Crippen molar-refractivity contribution in [2.45, 2.75) is 58.3 Å². The van der Waals surface area contributed by atoms with Crippen molar-refractivity contribution in [2.24, 2.45) is 0 Å². The molecule has 0 aliphatic heterocycles. The second kappa shape index (κ2) is 11.2. The zero-order chi connectivity index (χ0) is 11.4. The molecule has 2 heteroatoms. The number of ketones is 1. The molecule has 0 radical (unpaired) electrons. The third-order valence-corrected chi connectivity index (χ3v) is 2.39. The summed E-state index contributed by atoms with van der Waals surface area (Å²) in [6.45, 7) is 2.21. The fourth-order valence-corrected chi connectivity index (χ4v) is 1.49. The van der Waals surface area contributed by atoms with Crippen LogP contribution in [0.1, 0.15) is 58.3 Å². The predicted octanol–water partition coefficient (Wildman–Crippen LogP) is 3.45. The zero-order valence-corrected chi connectivity index (χ0v) is 9.71. The van der Waals surface area contributed by atoms with Crippen LogP contribution in [-0.4, -0.2) is 12.1 Å². The molecule has 0 fully saturated rings. The Morgan fingerprint density at radius 3 is 2.20 bits per heavy atom. The highest BCUT2D eigenvalue weighted by Crippen LogP contribution is 2.08. The molecule has 15 heavy (non-hydrogen) atoms. The number of hydrogen-bond acceptors (Lipinski definition) is 2. The maximum absolute atomic E-state index is 11.1. The average Bonchev–Trinajstić information content (AvgIpc) is 2.25. The van der Waals surface area contributed by atoms with Gasteiger partial charge < -0.3 is 0 Å². The van der Waals surface area contributed by atoms with Crippen LogP contribution in [-0.2, 0) is 9.59 Å². The molecule has 0 aromatic carbocycles. The minimum Gasteiger partial charge on any atom is -0.299 e. The molecular formula is C13H22O2. The highest BCUT2D eigenvalue weighted by atomic mass is 16.1. The van der Waals surface area contributed by atoms with Crippen LogP contribution in [0.15, 0.2) is 12.2 Å². The van der Waals surface area contributed by atoms with Gasteiger partial charge in [0.05, 0.1) is 0 Å². The molecule has 0 atom stereocenters. The van der Waals surface area contributed by atoms with E-state index in [-0.39, 0.29) is 5.78 Å². The summed E-state index contributed by atoms with van der Waals surface area (Å²) >= 11 is 0. The van der Waals surface area contributed by atoms with E-state index >= 15 is 0 Å². The van der Waals surface area contributed by atoms with E-state index in [1.807, 2.05) is 0 Å². The largest absolute Gasteiger partial charge is 0.299 e. The maximum atomic E-state index is 11.1. The molecule has 0 saturated heterocycles. The molecule has 0 aliphatic carbocycles. The van der Waals surface area contributed by atoms with Gasteiger partial charge in [-0.05, 0) is 18.6 Å².